The minimum Gasteiger partial charge on any atom is -0.386 e. The van der Waals surface area contributed by atoms with Gasteiger partial charge in [0.2, 0.25) is 0 Å². The van der Waals surface area contributed by atoms with Crippen molar-refractivity contribution in [2.45, 2.75) is 37.3 Å². The van der Waals surface area contributed by atoms with Crippen molar-refractivity contribution in [2.24, 2.45) is 11.1 Å². The molecule has 0 unspecified atom stereocenters. The Balaban J connectivity index is 1.35. The third-order valence-electron chi connectivity index (χ3n) is 7.34. The third kappa shape index (κ3) is 2.51. The van der Waals surface area contributed by atoms with Gasteiger partial charge in [-0.2, -0.15) is 0 Å². The summed E-state index contributed by atoms with van der Waals surface area (Å²) in [4.78, 5) is 11.3. The second-order valence-corrected chi connectivity index (χ2v) is 8.85. The first-order valence-corrected chi connectivity index (χ1v) is 10.7. The van der Waals surface area contributed by atoms with Gasteiger partial charge >= 0.3 is 0 Å². The average Bonchev–Trinajstić information content (AvgIpc) is 3.17. The van der Waals surface area contributed by atoms with E-state index < -0.39 is 0 Å². The van der Waals surface area contributed by atoms with Crippen LogP contribution in [-0.2, 0) is 11.3 Å². The number of amidine groups is 1. The normalized spacial score (nSPS) is 33.5. The lowest BCUT2D eigenvalue weighted by atomic mass is 9.73. The highest BCUT2D eigenvalue weighted by Gasteiger charge is 2.53. The van der Waals surface area contributed by atoms with Gasteiger partial charge in [-0.3, -0.25) is 4.90 Å². The van der Waals surface area contributed by atoms with Crippen LogP contribution in [0.1, 0.15) is 42.0 Å². The summed E-state index contributed by atoms with van der Waals surface area (Å²) in [6.45, 7) is 4.51. The fourth-order valence-electron chi connectivity index (χ4n) is 5.90. The zero-order valence-corrected chi connectivity index (χ0v) is 16.3. The number of hydrogen-bond donors (Lipinski definition) is 0. The first-order valence-electron chi connectivity index (χ1n) is 10.7. The van der Waals surface area contributed by atoms with Crippen LogP contribution in [0.3, 0.4) is 0 Å². The Morgan fingerprint density at radius 3 is 2.50 bits per heavy atom. The lowest BCUT2D eigenvalue weighted by Crippen LogP contribution is -2.59. The van der Waals surface area contributed by atoms with Gasteiger partial charge in [0, 0.05) is 19.0 Å². The number of hydrogen-bond acceptors (Lipinski definition) is 4. The van der Waals surface area contributed by atoms with Gasteiger partial charge in [0.05, 0.1) is 12.5 Å². The summed E-state index contributed by atoms with van der Waals surface area (Å²) in [6, 6.07) is 20.0. The molecule has 3 saturated heterocycles. The molecule has 0 aliphatic carbocycles. The summed E-state index contributed by atoms with van der Waals surface area (Å²) in [6.07, 6.45) is 4.54. The highest BCUT2D eigenvalue weighted by atomic mass is 16.7. The molecule has 3 fully saturated rings. The van der Waals surface area contributed by atoms with E-state index in [1.807, 2.05) is 0 Å². The number of oxime groups is 1. The van der Waals surface area contributed by atoms with Crippen LogP contribution >= 0.6 is 0 Å². The monoisotopic (exact) mass is 373 g/mol. The Hall–Kier alpha value is -2.33. The molecule has 2 atom stereocenters. The molecule has 7 rings (SSSR count). The van der Waals surface area contributed by atoms with Crippen LogP contribution < -0.4 is 0 Å². The van der Waals surface area contributed by atoms with Crippen LogP contribution in [0.5, 0.6) is 0 Å². The summed E-state index contributed by atoms with van der Waals surface area (Å²) in [5.74, 6) is 1.81. The molecule has 4 heteroatoms. The number of fused-ring (bicyclic) bond motifs is 3. The molecule has 0 radical (unpaired) electrons. The Morgan fingerprint density at radius 1 is 0.929 bits per heavy atom. The number of nitrogens with zero attached hydrogens (tertiary/aromatic N) is 3. The Kier molecular flexibility index (Phi) is 3.76. The van der Waals surface area contributed by atoms with Gasteiger partial charge in [0.25, 0.3) is 0 Å². The van der Waals surface area contributed by atoms with E-state index in [9.17, 15) is 0 Å². The van der Waals surface area contributed by atoms with Crippen molar-refractivity contribution in [3.63, 3.8) is 0 Å². The minimum atomic E-state index is -0.0793. The maximum Gasteiger partial charge on any atom is 0.160 e. The fraction of sp³-hybridized carbons (Fsp3) is 0.458. The molecule has 2 bridgehead atoms. The van der Waals surface area contributed by atoms with E-state index in [1.165, 1.54) is 42.6 Å². The zero-order chi connectivity index (χ0) is 18.6. The van der Waals surface area contributed by atoms with Crippen LogP contribution in [0.2, 0.25) is 0 Å². The molecule has 144 valence electrons. The van der Waals surface area contributed by atoms with Crippen molar-refractivity contribution in [1.82, 2.24) is 9.80 Å². The minimum absolute atomic E-state index is 0.0793. The number of piperidine rings is 3. The Morgan fingerprint density at radius 2 is 1.71 bits per heavy atom. The second kappa shape index (κ2) is 6.35. The standard InChI is InChI=1S/C24H27N3O/c1-2-7-19(8-3-1)23-21-9-5-4-6-18(21)10-15-27(23)22-16-24(28-25-22)17-26-13-11-20(24)12-14-26/h1-9,20,23H,10-17H2/t23-,24-/m0/s1. The van der Waals surface area contributed by atoms with Gasteiger partial charge < -0.3 is 9.74 Å². The lowest BCUT2D eigenvalue weighted by molar-refractivity contribution is -0.136. The van der Waals surface area contributed by atoms with E-state index in [0.717, 1.165) is 31.8 Å². The predicted octanol–water partition coefficient (Wildman–Crippen LogP) is 3.83. The molecule has 0 saturated carbocycles. The fourth-order valence-corrected chi connectivity index (χ4v) is 5.90. The highest BCUT2D eigenvalue weighted by Crippen LogP contribution is 2.45. The van der Waals surface area contributed by atoms with E-state index in [-0.39, 0.29) is 11.6 Å². The highest BCUT2D eigenvalue weighted by molar-refractivity contribution is 5.85. The molecular weight excluding hydrogens is 346 g/mol. The molecule has 5 aliphatic heterocycles. The van der Waals surface area contributed by atoms with Crippen LogP contribution in [0.25, 0.3) is 0 Å². The quantitative estimate of drug-likeness (QED) is 0.760. The van der Waals surface area contributed by atoms with Gasteiger partial charge in [-0.15, -0.1) is 0 Å². The summed E-state index contributed by atoms with van der Waals surface area (Å²) in [7, 11) is 0. The summed E-state index contributed by atoms with van der Waals surface area (Å²) < 4.78 is 0. The average molecular weight is 374 g/mol. The van der Waals surface area contributed by atoms with Gasteiger partial charge in [0.15, 0.2) is 5.60 Å². The number of rotatable bonds is 1. The van der Waals surface area contributed by atoms with Crippen molar-refractivity contribution in [3.05, 3.63) is 71.3 Å². The molecule has 2 aromatic carbocycles. The molecule has 0 aromatic heterocycles. The van der Waals surface area contributed by atoms with Crippen LogP contribution in [0, 0.1) is 5.92 Å². The van der Waals surface area contributed by atoms with E-state index in [0.29, 0.717) is 5.92 Å². The molecule has 5 aliphatic rings. The maximum atomic E-state index is 6.26. The predicted molar refractivity (Wildman–Crippen MR) is 110 cm³/mol. The van der Waals surface area contributed by atoms with E-state index in [2.05, 4.69) is 64.4 Å². The van der Waals surface area contributed by atoms with Crippen molar-refractivity contribution in [2.75, 3.05) is 26.2 Å². The van der Waals surface area contributed by atoms with Crippen LogP contribution in [0.15, 0.2) is 59.8 Å². The first kappa shape index (κ1) is 16.6. The molecule has 28 heavy (non-hydrogen) atoms. The topological polar surface area (TPSA) is 28.1 Å². The van der Waals surface area contributed by atoms with Crippen molar-refractivity contribution >= 4 is 5.84 Å². The van der Waals surface area contributed by atoms with Gasteiger partial charge in [-0.25, -0.2) is 0 Å². The number of benzene rings is 2. The summed E-state index contributed by atoms with van der Waals surface area (Å²) >= 11 is 0. The van der Waals surface area contributed by atoms with Crippen LogP contribution in [0.4, 0.5) is 0 Å². The summed E-state index contributed by atoms with van der Waals surface area (Å²) in [5, 5.41) is 4.72. The molecule has 0 N–H and O–H groups in total. The molecule has 2 aromatic rings. The second-order valence-electron chi connectivity index (χ2n) is 8.85. The third-order valence-corrected chi connectivity index (χ3v) is 7.34. The smallest absolute Gasteiger partial charge is 0.160 e. The van der Waals surface area contributed by atoms with E-state index >= 15 is 0 Å². The molecule has 1 spiro atoms. The van der Waals surface area contributed by atoms with Gasteiger partial charge in [0.1, 0.15) is 5.84 Å². The molecular formula is C24H27N3O. The van der Waals surface area contributed by atoms with Gasteiger partial charge in [-0.1, -0.05) is 59.8 Å². The largest absolute Gasteiger partial charge is 0.386 e. The van der Waals surface area contributed by atoms with Crippen molar-refractivity contribution < 1.29 is 4.84 Å². The maximum absolute atomic E-state index is 6.26. The zero-order valence-electron chi connectivity index (χ0n) is 16.3. The summed E-state index contributed by atoms with van der Waals surface area (Å²) in [5.41, 5.74) is 4.14. The Labute approximate surface area is 166 Å². The van der Waals surface area contributed by atoms with E-state index in [4.69, 9.17) is 9.99 Å². The Bertz CT molecular complexity index is 903. The van der Waals surface area contributed by atoms with Crippen LogP contribution in [-0.4, -0.2) is 47.4 Å². The van der Waals surface area contributed by atoms with E-state index in [1.54, 1.807) is 0 Å². The van der Waals surface area contributed by atoms with Crippen molar-refractivity contribution in [3.8, 4) is 0 Å². The molecule has 5 heterocycles. The SMILES string of the molecule is c1ccc([C@H]2c3ccccc3CCN2C2=NO[C@@]3(C2)CN2CCC3CC2)cc1. The molecule has 0 amide bonds. The van der Waals surface area contributed by atoms with Gasteiger partial charge in [-0.05, 0) is 49.0 Å². The van der Waals surface area contributed by atoms with Crippen molar-refractivity contribution in [1.29, 1.82) is 0 Å². The molecule has 4 nitrogen and oxygen atoms in total. The lowest BCUT2D eigenvalue weighted by Gasteiger charge is -2.49. The first-order chi connectivity index (χ1) is 13.8.